The minimum absolute atomic E-state index is 0.222. The third-order valence-electron chi connectivity index (χ3n) is 6.71. The molecule has 0 unspecified atom stereocenters. The van der Waals surface area contributed by atoms with Crippen molar-refractivity contribution in [2.45, 2.75) is 13.8 Å². The van der Waals surface area contributed by atoms with Crippen molar-refractivity contribution in [1.29, 1.82) is 0 Å². The highest BCUT2D eigenvalue weighted by molar-refractivity contribution is 6.05. The maximum atomic E-state index is 13.0. The molecule has 0 radical (unpaired) electrons. The van der Waals surface area contributed by atoms with E-state index in [-0.39, 0.29) is 11.8 Å². The van der Waals surface area contributed by atoms with Crippen LogP contribution in [-0.2, 0) is 4.79 Å². The fourth-order valence-corrected chi connectivity index (χ4v) is 4.46. The molecule has 0 fully saturated rings. The van der Waals surface area contributed by atoms with Crippen LogP contribution in [0.15, 0.2) is 91.3 Å². The summed E-state index contributed by atoms with van der Waals surface area (Å²) >= 11 is 0. The van der Waals surface area contributed by atoms with E-state index in [1.54, 1.807) is 36.5 Å². The normalized spacial score (nSPS) is 11.3. The summed E-state index contributed by atoms with van der Waals surface area (Å²) in [6.45, 7) is 4.59. The number of para-hydroxylation sites is 1. The van der Waals surface area contributed by atoms with Crippen LogP contribution in [0.25, 0.3) is 22.2 Å². The van der Waals surface area contributed by atoms with E-state index >= 15 is 0 Å². The van der Waals surface area contributed by atoms with Gasteiger partial charge in [-0.25, -0.2) is 9.97 Å². The van der Waals surface area contributed by atoms with Crippen molar-refractivity contribution in [2.24, 2.45) is 0 Å². The number of hydrogen-bond donors (Lipinski definition) is 4. The Balaban J connectivity index is 1.27. The predicted octanol–water partition coefficient (Wildman–Crippen LogP) is 6.29. The molecule has 2 heterocycles. The summed E-state index contributed by atoms with van der Waals surface area (Å²) in [6.07, 6.45) is 7.05. The van der Waals surface area contributed by atoms with Gasteiger partial charge in [0.1, 0.15) is 0 Å². The van der Waals surface area contributed by atoms with Gasteiger partial charge in [0.25, 0.3) is 5.91 Å². The SMILES string of the molecule is Cc1ccc(Nc2ncc(C)c(-c3c[nH]c4ccccc34)n2)cc1NC(=O)c1ccc(NC(=O)/C=C/CN(C)C)cc1. The number of rotatable bonds is 9. The largest absolute Gasteiger partial charge is 0.360 e. The topological polar surface area (TPSA) is 115 Å². The lowest BCUT2D eigenvalue weighted by Gasteiger charge is -2.13. The van der Waals surface area contributed by atoms with Crippen LogP contribution in [0.5, 0.6) is 0 Å². The monoisotopic (exact) mass is 559 g/mol. The van der Waals surface area contributed by atoms with Gasteiger partial charge in [-0.15, -0.1) is 0 Å². The summed E-state index contributed by atoms with van der Waals surface area (Å²) < 4.78 is 0. The number of nitrogens with one attached hydrogen (secondary N) is 4. The van der Waals surface area contributed by atoms with Crippen LogP contribution in [-0.4, -0.2) is 52.3 Å². The number of fused-ring (bicyclic) bond motifs is 1. The Labute approximate surface area is 244 Å². The molecule has 2 aromatic heterocycles. The van der Waals surface area contributed by atoms with Gasteiger partial charge in [0, 0.05) is 64.1 Å². The van der Waals surface area contributed by atoms with Crippen molar-refractivity contribution in [3.8, 4) is 11.3 Å². The van der Waals surface area contributed by atoms with Crippen molar-refractivity contribution < 1.29 is 9.59 Å². The Bertz CT molecular complexity index is 1770. The number of H-pyrrole nitrogens is 1. The average Bonchev–Trinajstić information content (AvgIpc) is 3.40. The van der Waals surface area contributed by atoms with Gasteiger partial charge in [-0.05, 0) is 81.5 Å². The van der Waals surface area contributed by atoms with E-state index in [4.69, 9.17) is 4.98 Å². The van der Waals surface area contributed by atoms with Gasteiger partial charge in [0.05, 0.1) is 5.69 Å². The van der Waals surface area contributed by atoms with Crippen LogP contribution in [0, 0.1) is 13.8 Å². The molecule has 5 aromatic rings. The molecule has 0 saturated heterocycles. The molecule has 0 spiro atoms. The second-order valence-electron chi connectivity index (χ2n) is 10.3. The van der Waals surface area contributed by atoms with E-state index in [0.717, 1.165) is 39.0 Å². The molecule has 0 bridgehead atoms. The number of carbonyl (C=O) groups excluding carboxylic acids is 2. The number of aromatic nitrogens is 3. The summed E-state index contributed by atoms with van der Waals surface area (Å²) in [5.41, 5.74) is 7.26. The highest BCUT2D eigenvalue weighted by Gasteiger charge is 2.13. The third kappa shape index (κ3) is 6.71. The lowest BCUT2D eigenvalue weighted by atomic mass is 10.1. The summed E-state index contributed by atoms with van der Waals surface area (Å²) in [4.78, 5) is 39.7. The average molecular weight is 560 g/mol. The number of aryl methyl sites for hydroxylation is 2. The second kappa shape index (κ2) is 12.5. The van der Waals surface area contributed by atoms with Gasteiger partial charge in [-0.1, -0.05) is 30.3 Å². The van der Waals surface area contributed by atoms with Crippen molar-refractivity contribution in [3.63, 3.8) is 0 Å². The Hall–Kier alpha value is -5.28. The highest BCUT2D eigenvalue weighted by atomic mass is 16.2. The molecule has 9 heteroatoms. The Kier molecular flexibility index (Phi) is 8.40. The van der Waals surface area contributed by atoms with E-state index in [9.17, 15) is 9.59 Å². The quantitative estimate of drug-likeness (QED) is 0.158. The maximum absolute atomic E-state index is 13.0. The van der Waals surface area contributed by atoms with Gasteiger partial charge in [-0.3, -0.25) is 9.59 Å². The molecule has 0 aliphatic heterocycles. The number of nitrogens with zero attached hydrogens (tertiary/aromatic N) is 3. The van der Waals surface area contributed by atoms with E-state index in [1.807, 2.05) is 75.4 Å². The van der Waals surface area contributed by atoms with Gasteiger partial charge < -0.3 is 25.8 Å². The van der Waals surface area contributed by atoms with Crippen molar-refractivity contribution >= 4 is 45.7 Å². The first kappa shape index (κ1) is 28.3. The van der Waals surface area contributed by atoms with Gasteiger partial charge in [0.2, 0.25) is 11.9 Å². The lowest BCUT2D eigenvalue weighted by Crippen LogP contribution is -2.14. The van der Waals surface area contributed by atoms with E-state index < -0.39 is 0 Å². The van der Waals surface area contributed by atoms with Crippen LogP contribution in [0.3, 0.4) is 0 Å². The Morgan fingerprint density at radius 1 is 0.929 bits per heavy atom. The highest BCUT2D eigenvalue weighted by Crippen LogP contribution is 2.30. The molecule has 5 rings (SSSR count). The standard InChI is InChI=1S/C33H33N7O2/c1-21-11-14-25(37-33-35-19-22(2)31(39-33)27-20-34-28-9-6-5-8-26(27)28)18-29(21)38-32(42)23-12-15-24(16-13-23)36-30(41)10-7-17-40(3)4/h5-16,18-20,34H,17H2,1-4H3,(H,36,41)(H,38,42)(H,35,37,39)/b10-7+. The molecule has 42 heavy (non-hydrogen) atoms. The van der Waals surface area contributed by atoms with Crippen molar-refractivity contribution in [3.05, 3.63) is 108 Å². The minimum Gasteiger partial charge on any atom is -0.360 e. The van der Waals surface area contributed by atoms with E-state index in [2.05, 4.69) is 32.0 Å². The fourth-order valence-electron chi connectivity index (χ4n) is 4.46. The summed E-state index contributed by atoms with van der Waals surface area (Å²) in [7, 11) is 3.86. The number of benzene rings is 3. The minimum atomic E-state index is -0.257. The molecule has 4 N–H and O–H groups in total. The fraction of sp³-hybridized carbons (Fsp3) is 0.152. The third-order valence-corrected chi connectivity index (χ3v) is 6.71. The number of anilines is 4. The number of carbonyl (C=O) groups is 2. The Morgan fingerprint density at radius 2 is 1.69 bits per heavy atom. The predicted molar refractivity (Wildman–Crippen MR) is 169 cm³/mol. The van der Waals surface area contributed by atoms with Gasteiger partial charge in [-0.2, -0.15) is 0 Å². The first-order valence-electron chi connectivity index (χ1n) is 13.6. The van der Waals surface area contributed by atoms with Crippen LogP contribution in [0.2, 0.25) is 0 Å². The summed E-state index contributed by atoms with van der Waals surface area (Å²) in [6, 6.07) is 20.6. The number of hydrogen-bond acceptors (Lipinski definition) is 6. The number of aromatic amines is 1. The first-order valence-corrected chi connectivity index (χ1v) is 13.6. The zero-order chi connectivity index (χ0) is 29.6. The van der Waals surface area contributed by atoms with E-state index in [0.29, 0.717) is 29.4 Å². The number of likely N-dealkylation sites (N-methyl/N-ethyl adjacent to an activating group) is 1. The smallest absolute Gasteiger partial charge is 0.255 e. The van der Waals surface area contributed by atoms with Gasteiger partial charge in [0.15, 0.2) is 0 Å². The second-order valence-corrected chi connectivity index (χ2v) is 10.3. The molecule has 3 aromatic carbocycles. The van der Waals surface area contributed by atoms with Crippen LogP contribution >= 0.6 is 0 Å². The zero-order valence-electron chi connectivity index (χ0n) is 24.0. The molecule has 0 aliphatic carbocycles. The molecular weight excluding hydrogens is 526 g/mol. The molecule has 0 saturated carbocycles. The van der Waals surface area contributed by atoms with Crippen molar-refractivity contribution in [2.75, 3.05) is 36.6 Å². The molecular formula is C33H33N7O2. The molecule has 0 atom stereocenters. The zero-order valence-corrected chi connectivity index (χ0v) is 24.0. The molecule has 9 nitrogen and oxygen atoms in total. The van der Waals surface area contributed by atoms with Crippen molar-refractivity contribution in [1.82, 2.24) is 19.9 Å². The summed E-state index contributed by atoms with van der Waals surface area (Å²) in [5, 5.41) is 10.2. The molecule has 2 amide bonds. The number of amides is 2. The Morgan fingerprint density at radius 3 is 2.48 bits per heavy atom. The van der Waals surface area contributed by atoms with Crippen LogP contribution in [0.1, 0.15) is 21.5 Å². The maximum Gasteiger partial charge on any atom is 0.255 e. The summed E-state index contributed by atoms with van der Waals surface area (Å²) in [5.74, 6) is -0.0245. The lowest BCUT2D eigenvalue weighted by molar-refractivity contribution is -0.111. The van der Waals surface area contributed by atoms with Gasteiger partial charge >= 0.3 is 0 Å². The first-order chi connectivity index (χ1) is 20.3. The van der Waals surface area contributed by atoms with Crippen LogP contribution in [0.4, 0.5) is 23.0 Å². The molecule has 212 valence electrons. The van der Waals surface area contributed by atoms with Crippen LogP contribution < -0.4 is 16.0 Å². The van der Waals surface area contributed by atoms with E-state index in [1.165, 1.54) is 6.08 Å². The molecule has 0 aliphatic rings.